The van der Waals surface area contributed by atoms with Crippen molar-refractivity contribution in [3.8, 4) is 22.5 Å². The largest absolute Gasteiger partial charge is 0.490 e. The Bertz CT molecular complexity index is 2220. The maximum absolute atomic E-state index is 14.5. The molecular formula is C44H55F3N10O7. The lowest BCUT2D eigenvalue weighted by molar-refractivity contribution is -0.192. The summed E-state index contributed by atoms with van der Waals surface area (Å²) in [5.74, 6) is -3.50. The van der Waals surface area contributed by atoms with Gasteiger partial charge >= 0.3 is 18.2 Å². The number of alkyl carbamates (subject to hydrolysis) is 1. The second-order valence-electron chi connectivity index (χ2n) is 17.1. The molecule has 0 spiro atoms. The van der Waals surface area contributed by atoms with Crippen LogP contribution in [0.25, 0.3) is 22.5 Å². The van der Waals surface area contributed by atoms with Gasteiger partial charge in [0.1, 0.15) is 17.3 Å². The van der Waals surface area contributed by atoms with Crippen molar-refractivity contribution >= 4 is 35.5 Å². The molecule has 2 saturated carbocycles. The number of aliphatic carboxylic acids is 1. The number of anilines is 1. The van der Waals surface area contributed by atoms with Crippen LogP contribution < -0.4 is 27.0 Å². The molecule has 0 aliphatic heterocycles. The minimum Gasteiger partial charge on any atom is -0.475 e. The molecule has 2 aromatic carbocycles. The number of carbonyl (C=O) groups is 5. The van der Waals surface area contributed by atoms with E-state index >= 15 is 0 Å². The summed E-state index contributed by atoms with van der Waals surface area (Å²) in [5, 5.41) is 27.3. The first-order valence-corrected chi connectivity index (χ1v) is 21.0. The number of aromatic nitrogens is 5. The van der Waals surface area contributed by atoms with Crippen LogP contribution in [-0.2, 0) is 25.5 Å². The zero-order chi connectivity index (χ0) is 46.8. The maximum atomic E-state index is 14.5. The second kappa shape index (κ2) is 21.3. The van der Waals surface area contributed by atoms with E-state index in [9.17, 15) is 32.3 Å². The van der Waals surface area contributed by atoms with Gasteiger partial charge in [0.05, 0.1) is 0 Å². The third-order valence-corrected chi connectivity index (χ3v) is 11.1. The van der Waals surface area contributed by atoms with E-state index in [4.69, 9.17) is 26.1 Å². The van der Waals surface area contributed by atoms with E-state index in [0.717, 1.165) is 55.2 Å². The van der Waals surface area contributed by atoms with Gasteiger partial charge in [-0.05, 0) is 132 Å². The molecule has 17 nitrogen and oxygen atoms in total. The van der Waals surface area contributed by atoms with Gasteiger partial charge < -0.3 is 31.9 Å². The molecule has 8 N–H and O–H groups in total. The summed E-state index contributed by atoms with van der Waals surface area (Å²) in [7, 11) is 0. The monoisotopic (exact) mass is 892 g/mol. The third kappa shape index (κ3) is 13.8. The minimum absolute atomic E-state index is 0.105. The number of carbonyl (C=O) groups excluding carboxylic acids is 4. The summed E-state index contributed by atoms with van der Waals surface area (Å²) in [5.41, 5.74) is 16.4. The van der Waals surface area contributed by atoms with Gasteiger partial charge in [-0.1, -0.05) is 30.3 Å². The molecule has 2 heterocycles. The van der Waals surface area contributed by atoms with Gasteiger partial charge in [-0.2, -0.15) is 18.4 Å². The molecule has 20 heteroatoms. The standard InChI is InChI=1S/C42H54N10O5.C2HF3O2/c1-25-34(21-22-35(46-25)39(54)47-32-17-15-31(43)16-18-32)28-9-5-26(6-10-28)23-36(37(44)53)52(33-19-13-29(14-20-33)38-48-50-51-49-38)40(55)30-11-7-27(8-12-30)24-45-41(56)57-42(2,3)4;3-2(4,5)1(6)7/h5-6,9-10,13-14,19-22,27,30-32,36H,7-8,11-12,15-18,23-24,43H2,1-4H3,(H2,44,53)(H,45,56)(H,47,54)(H,48,49,50,51);(H,6,7)/t27-,30-,31-,32-,36-;/m0./s1. The molecule has 6 rings (SSSR count). The molecule has 0 radical (unpaired) electrons. The Balaban J connectivity index is 0.00000102. The topological polar surface area (TPSA) is 262 Å². The normalized spacial score (nSPS) is 19.2. The summed E-state index contributed by atoms with van der Waals surface area (Å²) >= 11 is 0. The summed E-state index contributed by atoms with van der Waals surface area (Å²) < 4.78 is 37.1. The maximum Gasteiger partial charge on any atom is 0.490 e. The van der Waals surface area contributed by atoms with E-state index in [0.29, 0.717) is 47.8 Å². The number of aryl methyl sites for hydroxylation is 1. The Kier molecular flexibility index (Phi) is 16.2. The van der Waals surface area contributed by atoms with Crippen LogP contribution in [0.15, 0.2) is 60.7 Å². The first kappa shape index (κ1) is 48.6. The van der Waals surface area contributed by atoms with Crippen LogP contribution in [0, 0.1) is 18.8 Å². The molecule has 1 atom stereocenters. The Hall–Kier alpha value is -6.44. The molecular weight excluding hydrogens is 838 g/mol. The Morgan fingerprint density at radius 1 is 0.891 bits per heavy atom. The fourth-order valence-corrected chi connectivity index (χ4v) is 7.75. The molecule has 4 aromatic rings. The number of pyridine rings is 1. The number of H-pyrrole nitrogens is 1. The SMILES string of the molecule is Cc1nc(C(=O)N[C@H]2CC[C@H](N)CC2)ccc1-c1ccc(C[C@@H](C(N)=O)N(c2ccc(-c3nn[nH]n3)cc2)C(=O)[C@H]2CC[C@H](CNC(=O)OC(C)(C)C)CC2)cc1.O=C(O)C(F)(F)F. The number of nitrogens with two attached hydrogens (primary N) is 2. The smallest absolute Gasteiger partial charge is 0.475 e. The van der Waals surface area contributed by atoms with Gasteiger partial charge in [-0.25, -0.2) is 14.6 Å². The number of tetrazole rings is 1. The lowest BCUT2D eigenvalue weighted by atomic mass is 9.81. The number of alkyl halides is 3. The van der Waals surface area contributed by atoms with Crippen molar-refractivity contribution in [1.29, 1.82) is 0 Å². The van der Waals surface area contributed by atoms with Crippen LogP contribution >= 0.6 is 0 Å². The molecule has 2 aliphatic carbocycles. The number of rotatable bonds is 12. The summed E-state index contributed by atoms with van der Waals surface area (Å²) in [6, 6.07) is 17.8. The molecule has 2 aliphatic rings. The van der Waals surface area contributed by atoms with Crippen molar-refractivity contribution in [3.63, 3.8) is 0 Å². The van der Waals surface area contributed by atoms with Crippen LogP contribution in [0.3, 0.4) is 0 Å². The molecule has 344 valence electrons. The number of nitrogens with one attached hydrogen (secondary N) is 3. The van der Waals surface area contributed by atoms with Crippen LogP contribution in [0.2, 0.25) is 0 Å². The number of primary amides is 1. The lowest BCUT2D eigenvalue weighted by Gasteiger charge is -2.36. The van der Waals surface area contributed by atoms with E-state index < -0.39 is 35.8 Å². The van der Waals surface area contributed by atoms with Gasteiger partial charge in [-0.15, -0.1) is 10.2 Å². The highest BCUT2D eigenvalue weighted by molar-refractivity contribution is 6.02. The Morgan fingerprint density at radius 2 is 1.50 bits per heavy atom. The number of benzene rings is 2. The average molecular weight is 893 g/mol. The zero-order valence-electron chi connectivity index (χ0n) is 36.2. The first-order chi connectivity index (χ1) is 30.2. The Morgan fingerprint density at radius 3 is 2.03 bits per heavy atom. The van der Waals surface area contributed by atoms with Gasteiger partial charge in [0.15, 0.2) is 0 Å². The van der Waals surface area contributed by atoms with E-state index in [1.165, 1.54) is 0 Å². The highest BCUT2D eigenvalue weighted by Crippen LogP contribution is 2.34. The number of carboxylic acids is 1. The van der Waals surface area contributed by atoms with Crippen molar-refractivity contribution in [1.82, 2.24) is 36.2 Å². The molecule has 0 saturated heterocycles. The van der Waals surface area contributed by atoms with Crippen LogP contribution in [0.1, 0.15) is 93.9 Å². The van der Waals surface area contributed by atoms with Gasteiger partial charge in [-0.3, -0.25) is 19.3 Å². The molecule has 0 bridgehead atoms. The fraction of sp³-hybridized carbons (Fsp3) is 0.477. The predicted molar refractivity (Wildman–Crippen MR) is 229 cm³/mol. The van der Waals surface area contributed by atoms with Crippen LogP contribution in [0.4, 0.5) is 23.7 Å². The highest BCUT2D eigenvalue weighted by atomic mass is 19.4. The van der Waals surface area contributed by atoms with Gasteiger partial charge in [0.2, 0.25) is 17.6 Å². The van der Waals surface area contributed by atoms with Crippen LogP contribution in [0.5, 0.6) is 0 Å². The fourth-order valence-electron chi connectivity index (χ4n) is 7.75. The van der Waals surface area contributed by atoms with Crippen molar-refractivity contribution in [2.45, 2.75) is 115 Å². The van der Waals surface area contributed by atoms with Crippen molar-refractivity contribution in [3.05, 3.63) is 77.6 Å². The first-order valence-electron chi connectivity index (χ1n) is 21.0. The number of aromatic amines is 1. The van der Waals surface area contributed by atoms with Crippen molar-refractivity contribution in [2.24, 2.45) is 23.3 Å². The van der Waals surface area contributed by atoms with E-state index in [2.05, 4.69) is 36.2 Å². The number of hydrogen-bond acceptors (Lipinski definition) is 11. The average Bonchev–Trinajstić information content (AvgIpc) is 3.79. The number of hydrogen-bond donors (Lipinski definition) is 6. The molecule has 2 fully saturated rings. The molecule has 64 heavy (non-hydrogen) atoms. The van der Waals surface area contributed by atoms with Gasteiger partial charge in [0, 0.05) is 53.5 Å². The van der Waals surface area contributed by atoms with E-state index in [1.807, 2.05) is 58.0 Å². The second-order valence-corrected chi connectivity index (χ2v) is 17.1. The molecule has 4 amide bonds. The predicted octanol–water partition coefficient (Wildman–Crippen LogP) is 5.63. The summed E-state index contributed by atoms with van der Waals surface area (Å²) in [6.07, 6.45) is 0.828. The Labute approximate surface area is 368 Å². The lowest BCUT2D eigenvalue weighted by Crippen LogP contribution is -2.52. The number of amides is 4. The van der Waals surface area contributed by atoms with E-state index in [-0.39, 0.29) is 42.2 Å². The summed E-state index contributed by atoms with van der Waals surface area (Å²) in [6.45, 7) is 7.79. The highest BCUT2D eigenvalue weighted by Gasteiger charge is 2.38. The number of carboxylic acid groups (broad SMARTS) is 1. The zero-order valence-corrected chi connectivity index (χ0v) is 36.2. The third-order valence-electron chi connectivity index (χ3n) is 11.1. The quantitative estimate of drug-likeness (QED) is 0.101. The van der Waals surface area contributed by atoms with Crippen LogP contribution in [-0.4, -0.2) is 96.9 Å². The van der Waals surface area contributed by atoms with Gasteiger partial charge in [0.25, 0.3) is 5.91 Å². The molecule has 0 unspecified atom stereocenters. The van der Waals surface area contributed by atoms with Crippen molar-refractivity contribution in [2.75, 3.05) is 11.4 Å². The number of halogens is 3. The molecule has 2 aromatic heterocycles. The number of ether oxygens (including phenoxy) is 1. The minimum atomic E-state index is -5.08. The van der Waals surface area contributed by atoms with Crippen molar-refractivity contribution < 1.29 is 47.0 Å². The summed E-state index contributed by atoms with van der Waals surface area (Å²) in [4.78, 5) is 68.1. The number of nitrogens with zero attached hydrogens (tertiary/aromatic N) is 5. The van der Waals surface area contributed by atoms with E-state index in [1.54, 1.807) is 35.2 Å².